The van der Waals surface area contributed by atoms with Gasteiger partial charge in [-0.1, -0.05) is 0 Å². The zero-order valence-corrected chi connectivity index (χ0v) is 47.6. The Kier molecular flexibility index (Phi) is 15.6. The van der Waals surface area contributed by atoms with Gasteiger partial charge >= 0.3 is 31.3 Å². The number of ether oxygens (including phenoxy) is 4. The average Bonchev–Trinajstić information content (AvgIpc) is 2.16. The highest BCUT2D eigenvalue weighted by atomic mass is 31.2. The van der Waals surface area contributed by atoms with E-state index in [1.807, 2.05) is 0 Å². The van der Waals surface area contributed by atoms with Gasteiger partial charge < -0.3 is 81.9 Å². The molecule has 5 saturated heterocycles. The van der Waals surface area contributed by atoms with Gasteiger partial charge in [-0.25, -0.2) is 78.1 Å². The Bertz CT molecular complexity index is 4170. The molecule has 0 amide bonds. The van der Waals surface area contributed by atoms with E-state index in [1.165, 1.54) is 21.8 Å². The van der Waals surface area contributed by atoms with Gasteiger partial charge in [-0.05, 0) is 0 Å². The number of hydrogen-bond donors (Lipinski definition) is 12. The first-order valence-electron chi connectivity index (χ1n) is 25.5. The fraction of sp³-hybridized carbons (Fsp3) is 0.500. The summed E-state index contributed by atoms with van der Waals surface area (Å²) < 4.78 is 126. The van der Waals surface area contributed by atoms with Crippen LogP contribution in [0.15, 0.2) is 50.6 Å². The molecule has 5 aliphatic rings. The number of imidazole rings is 4. The summed E-state index contributed by atoms with van der Waals surface area (Å²) in [5.74, 6) is -0.237. The van der Waals surface area contributed by atoms with E-state index in [2.05, 4.69) is 59.8 Å². The van der Waals surface area contributed by atoms with Crippen molar-refractivity contribution in [1.82, 2.24) is 78.1 Å². The van der Waals surface area contributed by atoms with Crippen molar-refractivity contribution in [3.63, 3.8) is 0 Å². The largest absolute Gasteiger partial charge is 0.473 e. The van der Waals surface area contributed by atoms with Crippen LogP contribution in [-0.4, -0.2) is 218 Å². The van der Waals surface area contributed by atoms with Crippen molar-refractivity contribution in [2.75, 3.05) is 49.4 Å². The summed E-state index contributed by atoms with van der Waals surface area (Å²) in [6, 6.07) is 0. The molecule has 4 unspecified atom stereocenters. The van der Waals surface area contributed by atoms with Crippen LogP contribution in [0.1, 0.15) is 24.9 Å². The molecule has 0 saturated carbocycles. The van der Waals surface area contributed by atoms with Crippen LogP contribution in [0.25, 0.3) is 44.7 Å². The Morgan fingerprint density at radius 1 is 0.455 bits per heavy atom. The first kappa shape index (κ1) is 60.4. The number of nitrogens with two attached hydrogens (primary N) is 4. The predicted molar refractivity (Wildman–Crippen MR) is 281 cm³/mol. The number of fused-ring (bicyclic) bond motifs is 5. The van der Waals surface area contributed by atoms with E-state index in [0.29, 0.717) is 0 Å². The second-order valence-electron chi connectivity index (χ2n) is 19.9. The molecule has 20 atom stereocenters. The number of hydrogen-bond acceptors (Lipinski definition) is 36. The number of aliphatic hydroxyl groups is 4. The molecule has 0 spiro atoms. The Balaban J connectivity index is 0.732. The van der Waals surface area contributed by atoms with E-state index in [4.69, 9.17) is 78.1 Å². The number of phosphoric ester groups is 4. The highest BCUT2D eigenvalue weighted by molar-refractivity contribution is 7.48. The zero-order chi connectivity index (χ0) is 61.9. The lowest BCUT2D eigenvalue weighted by molar-refractivity contribution is -0.0659. The van der Waals surface area contributed by atoms with Crippen LogP contribution in [0.2, 0.25) is 0 Å². The molecule has 44 nitrogen and oxygen atoms in total. The zero-order valence-electron chi connectivity index (χ0n) is 44.0. The summed E-state index contributed by atoms with van der Waals surface area (Å²) in [6.45, 7) is -4.11. The predicted octanol–water partition coefficient (Wildman–Crippen LogP) is -3.27. The van der Waals surface area contributed by atoms with E-state index < -0.39 is 156 Å². The molecule has 13 rings (SSSR count). The summed E-state index contributed by atoms with van der Waals surface area (Å²) in [7, 11) is -21.4. The van der Waals surface area contributed by atoms with E-state index in [-0.39, 0.29) is 67.9 Å². The standard InChI is InChI=1S/C40H48N20O24P4/c41-29-17-33(49-5-45-29)57(9-53-17)37-21(62)24(13(1-61)76-37)80-85(65,66)73-2-14-25(22(63)38(77-14)58-10-54-18-30(42)46-6-50-34(18)58)81-86(67,68)74-3-15-26(23(64)39(78-15)59-11-55-19-31(43)47-7-51-35(19)59)82-87(69,70)75-4-16-27-28(84-88(71,72)83-27)40(79-16)60-12-56-20-32(44)48-8-52-36(20)60/h5-16,21-28,37-40,61-64H,1-4H2,(H,65,66)(H,67,68)(H,69,70)(H,71,72)(H2,41,45,49)(H2,42,46,50)(H2,43,47,51)(H2,44,48,52)/t13-,14-,15-,16-,21-,22-,23-,24-,25-,26-,27-,28-,37-,38-,39-,40-/m1/s1. The lowest BCUT2D eigenvalue weighted by atomic mass is 10.1. The van der Waals surface area contributed by atoms with E-state index >= 15 is 0 Å². The number of aliphatic hydroxyl groups excluding tert-OH is 4. The Morgan fingerprint density at radius 2 is 0.750 bits per heavy atom. The van der Waals surface area contributed by atoms with E-state index in [1.54, 1.807) is 0 Å². The Hall–Kier alpha value is -6.48. The number of nitrogen functional groups attached to an aromatic ring is 4. The van der Waals surface area contributed by atoms with Crippen LogP contribution in [0.4, 0.5) is 23.3 Å². The van der Waals surface area contributed by atoms with Crippen LogP contribution in [0, 0.1) is 0 Å². The van der Waals surface area contributed by atoms with Crippen molar-refractivity contribution in [2.45, 2.75) is 98.2 Å². The van der Waals surface area contributed by atoms with Crippen molar-refractivity contribution >= 4 is 99.2 Å². The smallest absolute Gasteiger partial charge is 0.394 e. The summed E-state index contributed by atoms with van der Waals surface area (Å²) in [5, 5.41) is 45.4. The van der Waals surface area contributed by atoms with E-state index in [9.17, 15) is 58.3 Å². The summed E-state index contributed by atoms with van der Waals surface area (Å²) >= 11 is 0. The third-order valence-corrected chi connectivity index (χ3v) is 18.5. The SMILES string of the molecule is Nc1ncnc2c1ncn2[C@@H]1O[C@H](CO)[C@@H](OP(=O)(O)OC[C@H]2O[C@@H](n3cnc4c(N)ncnc43)[C@H](O)[C@@H]2OP(=O)(O)OC[C@H]2O[C@@H](n3cnc4c(N)ncnc43)[C@H](O)[C@@H]2OP(=O)(O)OC[C@H]2O[C@@H](n3cnc4c(N)ncnc43)[C@@H]3OP(=O)(O)O[C@@H]32)[C@H]1O. The first-order valence-corrected chi connectivity index (χ1v) is 31.5. The van der Waals surface area contributed by atoms with Gasteiger partial charge in [0.15, 0.2) is 70.8 Å². The summed E-state index contributed by atoms with van der Waals surface area (Å²) in [5.41, 5.74) is 24.2. The molecule has 472 valence electrons. The number of anilines is 4. The minimum absolute atomic E-state index is 0.0130. The maximum Gasteiger partial charge on any atom is 0.473 e. The topological polar surface area (TPSA) is 619 Å². The molecule has 88 heavy (non-hydrogen) atoms. The van der Waals surface area contributed by atoms with Gasteiger partial charge in [0.25, 0.3) is 0 Å². The molecular weight excluding hydrogens is 1270 g/mol. The minimum atomic E-state index is -5.68. The third kappa shape index (κ3) is 11.1. The highest BCUT2D eigenvalue weighted by Crippen LogP contribution is 2.60. The van der Waals surface area contributed by atoms with E-state index in [0.717, 1.165) is 47.1 Å². The maximum absolute atomic E-state index is 14.2. The fourth-order valence-corrected chi connectivity index (χ4v) is 14.6. The van der Waals surface area contributed by atoms with Gasteiger partial charge in [0, 0.05) is 0 Å². The molecule has 5 fully saturated rings. The van der Waals surface area contributed by atoms with Crippen LogP contribution in [-0.2, 0) is 73.4 Å². The van der Waals surface area contributed by atoms with Crippen molar-refractivity contribution in [2.24, 2.45) is 0 Å². The fourth-order valence-electron chi connectivity index (χ4n) is 10.6. The lowest BCUT2D eigenvalue weighted by Crippen LogP contribution is -2.38. The van der Waals surface area contributed by atoms with Crippen LogP contribution in [0.5, 0.6) is 0 Å². The molecular formula is C40H48N20O24P4. The van der Waals surface area contributed by atoms with Crippen LogP contribution >= 0.6 is 31.3 Å². The molecule has 13 heterocycles. The van der Waals surface area contributed by atoms with Gasteiger partial charge in [-0.2, -0.15) is 0 Å². The molecule has 48 heteroatoms. The van der Waals surface area contributed by atoms with Gasteiger partial charge in [0.2, 0.25) is 0 Å². The lowest BCUT2D eigenvalue weighted by Gasteiger charge is -2.26. The van der Waals surface area contributed by atoms with Crippen molar-refractivity contribution in [1.29, 1.82) is 0 Å². The number of phosphoric acid groups is 4. The Morgan fingerprint density at radius 3 is 1.10 bits per heavy atom. The molecule has 0 radical (unpaired) electrons. The normalized spacial score (nSPS) is 33.6. The van der Waals surface area contributed by atoms with Crippen molar-refractivity contribution in [3.8, 4) is 0 Å². The van der Waals surface area contributed by atoms with Gasteiger partial charge in [0.1, 0.15) is 121 Å². The van der Waals surface area contributed by atoms with Crippen LogP contribution in [0.3, 0.4) is 0 Å². The molecule has 8 aromatic rings. The summed E-state index contributed by atoms with van der Waals surface area (Å²) in [4.78, 5) is 92.8. The molecule has 5 aliphatic heterocycles. The minimum Gasteiger partial charge on any atom is -0.394 e. The average molecular weight is 1320 g/mol. The van der Waals surface area contributed by atoms with Crippen LogP contribution < -0.4 is 22.9 Å². The van der Waals surface area contributed by atoms with Gasteiger partial charge in [-0.3, -0.25) is 54.5 Å². The first-order chi connectivity index (χ1) is 41.9. The van der Waals surface area contributed by atoms with Gasteiger partial charge in [0.05, 0.1) is 51.7 Å². The Labute approximate surface area is 487 Å². The number of aromatic nitrogens is 16. The molecule has 0 aromatic carbocycles. The summed E-state index contributed by atoms with van der Waals surface area (Å²) in [6.07, 6.45) is -18.5. The number of nitrogens with zero attached hydrogens (tertiary/aromatic N) is 16. The molecule has 8 aromatic heterocycles. The second-order valence-corrected chi connectivity index (χ2v) is 25.4. The number of rotatable bonds is 20. The molecule has 16 N–H and O–H groups in total. The quantitative estimate of drug-likeness (QED) is 0.0333. The maximum atomic E-state index is 14.2. The van der Waals surface area contributed by atoms with Gasteiger partial charge in [-0.15, -0.1) is 0 Å². The second kappa shape index (κ2) is 22.8. The van der Waals surface area contributed by atoms with Crippen molar-refractivity contribution < 1.29 is 113 Å². The molecule has 0 bridgehead atoms. The monoisotopic (exact) mass is 1320 g/mol. The third-order valence-electron chi connectivity index (χ3n) is 14.5. The highest BCUT2D eigenvalue weighted by Gasteiger charge is 2.60. The molecule has 0 aliphatic carbocycles. The van der Waals surface area contributed by atoms with Crippen molar-refractivity contribution in [3.05, 3.63) is 50.6 Å².